The van der Waals surface area contributed by atoms with Crippen LogP contribution in [0, 0.1) is 0 Å². The molecular weight excluding hydrogens is 434 g/mol. The van der Waals surface area contributed by atoms with E-state index >= 15 is 0 Å². The second-order valence-electron chi connectivity index (χ2n) is 7.31. The number of nitrogens with one attached hydrogen (secondary N) is 1. The first-order chi connectivity index (χ1) is 14.1. The van der Waals surface area contributed by atoms with Gasteiger partial charge in [-0.15, -0.1) is 0 Å². The van der Waals surface area contributed by atoms with Crippen molar-refractivity contribution in [2.45, 2.75) is 23.8 Å². The fourth-order valence-electron chi connectivity index (χ4n) is 3.59. The molecule has 2 fully saturated rings. The summed E-state index contributed by atoms with van der Waals surface area (Å²) in [5.74, 6) is -0.268. The molecule has 2 aliphatic rings. The Hall–Kier alpha value is -1.73. The van der Waals surface area contributed by atoms with Gasteiger partial charge < -0.3 is 14.8 Å². The summed E-state index contributed by atoms with van der Waals surface area (Å²) in [7, 11) is -5.73. The van der Waals surface area contributed by atoms with Gasteiger partial charge in [-0.2, -0.15) is 4.31 Å². The Morgan fingerprint density at radius 2 is 1.83 bits per heavy atom. The molecule has 12 heteroatoms. The lowest BCUT2D eigenvalue weighted by molar-refractivity contribution is 0.0730. The molecule has 1 aromatic rings. The monoisotopic (exact) mass is 461 g/mol. The smallest absolute Gasteiger partial charge is 0.255 e. The molecule has 1 unspecified atom stereocenters. The summed E-state index contributed by atoms with van der Waals surface area (Å²) in [5, 5.41) is 2.82. The molecule has 1 aromatic carbocycles. The molecule has 1 N–H and O–H groups in total. The normalized spacial score (nSPS) is 21.9. The SMILES string of the molecule is COc1ccc(S(=O)(=O)N2CCOCC2)cc1C(=O)NC1CCCN(S(C)(=O)=O)C1. The largest absolute Gasteiger partial charge is 0.496 e. The van der Waals surface area contributed by atoms with Gasteiger partial charge >= 0.3 is 0 Å². The van der Waals surface area contributed by atoms with Crippen LogP contribution in [0.25, 0.3) is 0 Å². The van der Waals surface area contributed by atoms with Crippen LogP contribution in [0.15, 0.2) is 23.1 Å². The third kappa shape index (κ3) is 5.11. The maximum atomic E-state index is 12.9. The van der Waals surface area contributed by atoms with Gasteiger partial charge in [0.2, 0.25) is 20.0 Å². The van der Waals surface area contributed by atoms with Gasteiger partial charge in [0.25, 0.3) is 5.91 Å². The van der Waals surface area contributed by atoms with Gasteiger partial charge in [0, 0.05) is 32.2 Å². The van der Waals surface area contributed by atoms with Crippen molar-refractivity contribution in [1.29, 1.82) is 0 Å². The number of methoxy groups -OCH3 is 1. The zero-order valence-corrected chi connectivity index (χ0v) is 18.7. The van der Waals surface area contributed by atoms with Crippen LogP contribution in [0.3, 0.4) is 0 Å². The van der Waals surface area contributed by atoms with E-state index in [0.29, 0.717) is 32.6 Å². The predicted molar refractivity (Wildman–Crippen MR) is 109 cm³/mol. The summed E-state index contributed by atoms with van der Waals surface area (Å²) < 4.78 is 62.6. The first kappa shape index (κ1) is 22.9. The van der Waals surface area contributed by atoms with Crippen molar-refractivity contribution >= 4 is 26.0 Å². The van der Waals surface area contributed by atoms with Gasteiger partial charge in [-0.25, -0.2) is 21.1 Å². The highest BCUT2D eigenvalue weighted by molar-refractivity contribution is 7.89. The van der Waals surface area contributed by atoms with E-state index in [2.05, 4.69) is 5.32 Å². The van der Waals surface area contributed by atoms with E-state index in [0.717, 1.165) is 6.26 Å². The van der Waals surface area contributed by atoms with Crippen molar-refractivity contribution in [3.63, 3.8) is 0 Å². The minimum Gasteiger partial charge on any atom is -0.496 e. The van der Waals surface area contributed by atoms with E-state index < -0.39 is 26.0 Å². The molecular formula is C18H27N3O7S2. The summed E-state index contributed by atoms with van der Waals surface area (Å²) in [6, 6.07) is 3.79. The van der Waals surface area contributed by atoms with Gasteiger partial charge in [0.1, 0.15) is 5.75 Å². The molecule has 2 saturated heterocycles. The minimum absolute atomic E-state index is 0.00300. The summed E-state index contributed by atoms with van der Waals surface area (Å²) in [4.78, 5) is 12.9. The van der Waals surface area contributed by atoms with E-state index in [1.165, 1.54) is 33.9 Å². The van der Waals surface area contributed by atoms with Crippen LogP contribution in [0.4, 0.5) is 0 Å². The molecule has 10 nitrogen and oxygen atoms in total. The Morgan fingerprint density at radius 1 is 1.13 bits per heavy atom. The van der Waals surface area contributed by atoms with Crippen LogP contribution in [0.1, 0.15) is 23.2 Å². The number of hydrogen-bond acceptors (Lipinski definition) is 7. The number of sulfonamides is 2. The van der Waals surface area contributed by atoms with Gasteiger partial charge in [-0.3, -0.25) is 4.79 Å². The molecule has 3 rings (SSSR count). The maximum absolute atomic E-state index is 12.9. The van der Waals surface area contributed by atoms with Crippen LogP contribution in [-0.4, -0.2) is 90.2 Å². The van der Waals surface area contributed by atoms with E-state index in [-0.39, 0.29) is 41.9 Å². The van der Waals surface area contributed by atoms with Gasteiger partial charge in [0.15, 0.2) is 0 Å². The molecule has 2 heterocycles. The number of ether oxygens (including phenoxy) is 2. The second-order valence-corrected chi connectivity index (χ2v) is 11.2. The lowest BCUT2D eigenvalue weighted by atomic mass is 10.1. The van der Waals surface area contributed by atoms with Crippen molar-refractivity contribution in [3.05, 3.63) is 23.8 Å². The van der Waals surface area contributed by atoms with Crippen LogP contribution in [-0.2, 0) is 24.8 Å². The maximum Gasteiger partial charge on any atom is 0.255 e. The third-order valence-electron chi connectivity index (χ3n) is 5.21. The van der Waals surface area contributed by atoms with Crippen LogP contribution in [0.2, 0.25) is 0 Å². The third-order valence-corrected chi connectivity index (χ3v) is 8.38. The zero-order valence-electron chi connectivity index (χ0n) is 17.0. The average Bonchev–Trinajstić information content (AvgIpc) is 2.73. The van der Waals surface area contributed by atoms with Gasteiger partial charge in [-0.05, 0) is 31.0 Å². The van der Waals surface area contributed by atoms with Gasteiger partial charge in [0.05, 0.1) is 37.0 Å². The molecule has 0 aliphatic carbocycles. The molecule has 2 aliphatic heterocycles. The number of benzene rings is 1. The fraction of sp³-hybridized carbons (Fsp3) is 0.611. The molecule has 0 bridgehead atoms. The Morgan fingerprint density at radius 3 is 2.47 bits per heavy atom. The molecule has 168 valence electrons. The highest BCUT2D eigenvalue weighted by Gasteiger charge is 2.30. The topological polar surface area (TPSA) is 122 Å². The Kier molecular flexibility index (Phi) is 7.02. The van der Waals surface area contributed by atoms with Gasteiger partial charge in [-0.1, -0.05) is 0 Å². The highest BCUT2D eigenvalue weighted by Crippen LogP contribution is 2.25. The average molecular weight is 462 g/mol. The molecule has 1 amide bonds. The number of rotatable bonds is 6. The number of carbonyl (C=O) groups excluding carboxylic acids is 1. The predicted octanol–water partition coefficient (Wildman–Crippen LogP) is -0.130. The minimum atomic E-state index is -3.77. The summed E-state index contributed by atoms with van der Waals surface area (Å²) in [6.07, 6.45) is 2.40. The molecule has 30 heavy (non-hydrogen) atoms. The van der Waals surface area contributed by atoms with E-state index in [9.17, 15) is 21.6 Å². The molecule has 0 saturated carbocycles. The highest BCUT2D eigenvalue weighted by atomic mass is 32.2. The van der Waals surface area contributed by atoms with Crippen LogP contribution < -0.4 is 10.1 Å². The fourth-order valence-corrected chi connectivity index (χ4v) is 5.93. The molecule has 1 atom stereocenters. The Labute approximate surface area is 177 Å². The number of amides is 1. The standard InChI is InChI=1S/C18H27N3O7S2/c1-27-17-6-5-15(30(25,26)20-8-10-28-11-9-20)12-16(17)18(22)19-14-4-3-7-21(13-14)29(2,23)24/h5-6,12,14H,3-4,7-11,13H2,1-2H3,(H,19,22). The number of nitrogens with zero attached hydrogens (tertiary/aromatic N) is 2. The van der Waals surface area contributed by atoms with Crippen LogP contribution >= 0.6 is 0 Å². The molecule has 0 radical (unpaired) electrons. The van der Waals surface area contributed by atoms with Crippen molar-refractivity contribution < 1.29 is 31.1 Å². The lowest BCUT2D eigenvalue weighted by Crippen LogP contribution is -2.49. The number of morpholine rings is 1. The zero-order chi connectivity index (χ0) is 21.9. The molecule has 0 aromatic heterocycles. The van der Waals surface area contributed by atoms with Crippen molar-refractivity contribution in [3.8, 4) is 5.75 Å². The Bertz CT molecular complexity index is 989. The number of hydrogen-bond donors (Lipinski definition) is 1. The number of carbonyl (C=O) groups is 1. The van der Waals surface area contributed by atoms with Crippen molar-refractivity contribution in [1.82, 2.24) is 13.9 Å². The van der Waals surface area contributed by atoms with E-state index in [4.69, 9.17) is 9.47 Å². The van der Waals surface area contributed by atoms with Crippen molar-refractivity contribution in [2.24, 2.45) is 0 Å². The quantitative estimate of drug-likeness (QED) is 0.626. The Balaban J connectivity index is 1.82. The number of piperidine rings is 1. The lowest BCUT2D eigenvalue weighted by Gasteiger charge is -2.31. The molecule has 0 spiro atoms. The summed E-state index contributed by atoms with van der Waals surface area (Å²) >= 11 is 0. The van der Waals surface area contributed by atoms with Crippen LogP contribution in [0.5, 0.6) is 5.75 Å². The summed E-state index contributed by atoms with van der Waals surface area (Å²) in [6.45, 7) is 1.74. The first-order valence-electron chi connectivity index (χ1n) is 9.65. The first-order valence-corrected chi connectivity index (χ1v) is 12.9. The van der Waals surface area contributed by atoms with E-state index in [1.807, 2.05) is 0 Å². The van der Waals surface area contributed by atoms with E-state index in [1.54, 1.807) is 0 Å². The summed E-state index contributed by atoms with van der Waals surface area (Å²) in [5.41, 5.74) is 0.0864. The van der Waals surface area contributed by atoms with Crippen molar-refractivity contribution in [2.75, 3.05) is 52.8 Å². The second kappa shape index (κ2) is 9.18.